The number of carbonyl (C=O) groups excluding carboxylic acids is 1. The highest BCUT2D eigenvalue weighted by Gasteiger charge is 2.28. The van der Waals surface area contributed by atoms with Crippen molar-refractivity contribution in [3.63, 3.8) is 0 Å². The molecule has 0 aromatic heterocycles. The third-order valence-electron chi connectivity index (χ3n) is 3.96. The maximum Gasteiger partial charge on any atom is 0.225 e. The zero-order chi connectivity index (χ0) is 12.1. The van der Waals surface area contributed by atoms with E-state index in [-0.39, 0.29) is 5.92 Å². The van der Waals surface area contributed by atoms with Crippen LogP contribution in [0.25, 0.3) is 0 Å². The second-order valence-corrected chi connectivity index (χ2v) is 6.30. The molecule has 2 heterocycles. The molecule has 0 aromatic rings. The minimum absolute atomic E-state index is 0.289. The minimum Gasteiger partial charge on any atom is -0.341 e. The summed E-state index contributed by atoms with van der Waals surface area (Å²) in [5, 5.41) is 3.99. The molecule has 2 saturated heterocycles. The molecule has 0 radical (unpaired) electrons. The summed E-state index contributed by atoms with van der Waals surface area (Å²) in [5.74, 6) is 0.712. The summed E-state index contributed by atoms with van der Waals surface area (Å²) in [6, 6.07) is 0. The zero-order valence-corrected chi connectivity index (χ0v) is 11.6. The van der Waals surface area contributed by atoms with E-state index in [0.717, 1.165) is 39.0 Å². The van der Waals surface area contributed by atoms with Crippen LogP contribution < -0.4 is 5.32 Å². The quantitative estimate of drug-likeness (QED) is 0.816. The van der Waals surface area contributed by atoms with Crippen LogP contribution in [0.5, 0.6) is 0 Å². The summed E-state index contributed by atoms with van der Waals surface area (Å²) in [4.78, 5) is 14.6. The Labute approximate surface area is 109 Å². The van der Waals surface area contributed by atoms with Crippen LogP contribution in [-0.2, 0) is 4.79 Å². The fraction of sp³-hybridized carbons (Fsp3) is 0.923. The van der Waals surface area contributed by atoms with Gasteiger partial charge in [0.05, 0.1) is 0 Å². The number of nitrogens with one attached hydrogen (secondary N) is 1. The Balaban J connectivity index is 1.91. The molecule has 4 heteroatoms. The maximum absolute atomic E-state index is 12.5. The number of hydrogen-bond acceptors (Lipinski definition) is 3. The standard InChI is InChI=1S/C13H24N2OS/c1-17-12-4-2-3-9-15(10-12)13(16)11-5-7-14-8-6-11/h11-12,14H,2-10H2,1H3. The first-order valence-corrected chi connectivity index (χ1v) is 8.12. The molecule has 0 aliphatic carbocycles. The van der Waals surface area contributed by atoms with Crippen molar-refractivity contribution in [1.29, 1.82) is 0 Å². The molecule has 0 bridgehead atoms. The van der Waals surface area contributed by atoms with E-state index < -0.39 is 0 Å². The van der Waals surface area contributed by atoms with Gasteiger partial charge in [0.1, 0.15) is 0 Å². The fourth-order valence-electron chi connectivity index (χ4n) is 2.82. The van der Waals surface area contributed by atoms with Crippen LogP contribution in [0.15, 0.2) is 0 Å². The van der Waals surface area contributed by atoms with Gasteiger partial charge in [-0.15, -0.1) is 0 Å². The smallest absolute Gasteiger partial charge is 0.225 e. The molecule has 2 fully saturated rings. The molecule has 17 heavy (non-hydrogen) atoms. The van der Waals surface area contributed by atoms with Gasteiger partial charge in [-0.2, -0.15) is 11.8 Å². The van der Waals surface area contributed by atoms with E-state index in [1.54, 1.807) is 0 Å². The van der Waals surface area contributed by atoms with Gasteiger partial charge >= 0.3 is 0 Å². The first-order chi connectivity index (χ1) is 8.31. The molecule has 2 aliphatic rings. The van der Waals surface area contributed by atoms with E-state index in [1.807, 2.05) is 11.8 Å². The molecule has 1 N–H and O–H groups in total. The Kier molecular flexibility index (Phi) is 5.16. The summed E-state index contributed by atoms with van der Waals surface area (Å²) in [6.07, 6.45) is 7.97. The fourth-order valence-corrected chi connectivity index (χ4v) is 3.55. The second kappa shape index (κ2) is 6.64. The second-order valence-electron chi connectivity index (χ2n) is 5.16. The minimum atomic E-state index is 0.289. The number of hydrogen-bond donors (Lipinski definition) is 1. The van der Waals surface area contributed by atoms with Crippen LogP contribution in [0.1, 0.15) is 32.1 Å². The molecule has 0 saturated carbocycles. The molecule has 1 atom stereocenters. The van der Waals surface area contributed by atoms with Gasteiger partial charge in [0.2, 0.25) is 5.91 Å². The average molecular weight is 256 g/mol. The monoisotopic (exact) mass is 256 g/mol. The van der Waals surface area contributed by atoms with E-state index >= 15 is 0 Å². The van der Waals surface area contributed by atoms with Crippen LogP contribution in [0.2, 0.25) is 0 Å². The Morgan fingerprint density at radius 2 is 2.00 bits per heavy atom. The van der Waals surface area contributed by atoms with Gasteiger partial charge in [-0.1, -0.05) is 6.42 Å². The predicted molar refractivity (Wildman–Crippen MR) is 73.3 cm³/mol. The average Bonchev–Trinajstić information content (AvgIpc) is 2.64. The van der Waals surface area contributed by atoms with Gasteiger partial charge in [-0.05, 0) is 45.0 Å². The first kappa shape index (κ1) is 13.2. The Bertz CT molecular complexity index is 254. The van der Waals surface area contributed by atoms with E-state index in [9.17, 15) is 4.79 Å². The van der Waals surface area contributed by atoms with Crippen molar-refractivity contribution in [2.75, 3.05) is 32.4 Å². The summed E-state index contributed by atoms with van der Waals surface area (Å²) < 4.78 is 0. The number of thioether (sulfide) groups is 1. The van der Waals surface area contributed by atoms with Gasteiger partial charge in [-0.3, -0.25) is 4.79 Å². The van der Waals surface area contributed by atoms with Crippen molar-refractivity contribution in [3.8, 4) is 0 Å². The van der Waals surface area contributed by atoms with Crippen molar-refractivity contribution in [2.24, 2.45) is 5.92 Å². The summed E-state index contributed by atoms with van der Waals surface area (Å²) >= 11 is 1.92. The molecule has 2 aliphatic heterocycles. The topological polar surface area (TPSA) is 32.3 Å². The van der Waals surface area contributed by atoms with E-state index in [0.29, 0.717) is 11.2 Å². The van der Waals surface area contributed by atoms with Gasteiger partial charge in [0, 0.05) is 24.3 Å². The van der Waals surface area contributed by atoms with Crippen molar-refractivity contribution in [1.82, 2.24) is 10.2 Å². The summed E-state index contributed by atoms with van der Waals surface area (Å²) in [6.45, 7) is 3.98. The van der Waals surface area contributed by atoms with Gasteiger partial charge in [-0.25, -0.2) is 0 Å². The van der Waals surface area contributed by atoms with Crippen LogP contribution in [0.3, 0.4) is 0 Å². The maximum atomic E-state index is 12.5. The van der Waals surface area contributed by atoms with Gasteiger partial charge in [0.25, 0.3) is 0 Å². The van der Waals surface area contributed by atoms with Gasteiger partial charge < -0.3 is 10.2 Å². The normalized spacial score (nSPS) is 27.8. The molecule has 3 nitrogen and oxygen atoms in total. The molecular formula is C13H24N2OS. The lowest BCUT2D eigenvalue weighted by Crippen LogP contribution is -2.43. The molecule has 2 rings (SSSR count). The van der Waals surface area contributed by atoms with Crippen LogP contribution in [0.4, 0.5) is 0 Å². The Morgan fingerprint density at radius 1 is 1.24 bits per heavy atom. The highest BCUT2D eigenvalue weighted by Crippen LogP contribution is 2.23. The van der Waals surface area contributed by atoms with Crippen molar-refractivity contribution in [3.05, 3.63) is 0 Å². The number of carbonyl (C=O) groups is 1. The Hall–Kier alpha value is -0.220. The third kappa shape index (κ3) is 3.62. The van der Waals surface area contributed by atoms with Gasteiger partial charge in [0.15, 0.2) is 0 Å². The number of amides is 1. The number of likely N-dealkylation sites (tertiary alicyclic amines) is 1. The predicted octanol–water partition coefficient (Wildman–Crippen LogP) is 1.73. The molecule has 0 spiro atoms. The third-order valence-corrected chi connectivity index (χ3v) is 5.01. The molecule has 0 aromatic carbocycles. The highest BCUT2D eigenvalue weighted by atomic mass is 32.2. The van der Waals surface area contributed by atoms with Crippen molar-refractivity contribution in [2.45, 2.75) is 37.4 Å². The lowest BCUT2D eigenvalue weighted by atomic mass is 9.96. The molecule has 1 amide bonds. The van der Waals surface area contributed by atoms with Crippen LogP contribution >= 0.6 is 11.8 Å². The van der Waals surface area contributed by atoms with Crippen molar-refractivity contribution < 1.29 is 4.79 Å². The number of rotatable bonds is 2. The molecular weight excluding hydrogens is 232 g/mol. The largest absolute Gasteiger partial charge is 0.341 e. The van der Waals surface area contributed by atoms with E-state index in [1.165, 1.54) is 19.3 Å². The van der Waals surface area contributed by atoms with Crippen LogP contribution in [0, 0.1) is 5.92 Å². The summed E-state index contributed by atoms with van der Waals surface area (Å²) in [5.41, 5.74) is 0. The molecule has 98 valence electrons. The highest BCUT2D eigenvalue weighted by molar-refractivity contribution is 7.99. The summed E-state index contributed by atoms with van der Waals surface area (Å²) in [7, 11) is 0. The number of nitrogens with zero attached hydrogens (tertiary/aromatic N) is 1. The molecule has 1 unspecified atom stereocenters. The van der Waals surface area contributed by atoms with E-state index in [2.05, 4.69) is 16.5 Å². The first-order valence-electron chi connectivity index (χ1n) is 6.83. The van der Waals surface area contributed by atoms with Crippen LogP contribution in [-0.4, -0.2) is 48.5 Å². The van der Waals surface area contributed by atoms with E-state index in [4.69, 9.17) is 0 Å². The Morgan fingerprint density at radius 3 is 2.71 bits per heavy atom. The van der Waals surface area contributed by atoms with Crippen molar-refractivity contribution >= 4 is 17.7 Å². The zero-order valence-electron chi connectivity index (χ0n) is 10.8. The lowest BCUT2D eigenvalue weighted by Gasteiger charge is -2.30. The lowest BCUT2D eigenvalue weighted by molar-refractivity contribution is -0.136. The number of piperidine rings is 1. The SMILES string of the molecule is CSC1CCCCN(C(=O)C2CCNCC2)C1.